The Kier molecular flexibility index (Phi) is 5.68. The molecule has 0 radical (unpaired) electrons. The quantitative estimate of drug-likeness (QED) is 0.390. The summed E-state index contributed by atoms with van der Waals surface area (Å²) >= 11 is 0. The van der Waals surface area contributed by atoms with E-state index < -0.39 is 16.8 Å². The lowest BCUT2D eigenvalue weighted by Crippen LogP contribution is -2.14. The number of nitrogens with zero attached hydrogens (tertiary/aromatic N) is 3. The normalized spacial score (nSPS) is 10.4. The van der Waals surface area contributed by atoms with Crippen LogP contribution in [0.25, 0.3) is 0 Å². The highest BCUT2D eigenvalue weighted by Crippen LogP contribution is 2.22. The predicted molar refractivity (Wildman–Crippen MR) is 105 cm³/mol. The zero-order valence-corrected chi connectivity index (χ0v) is 15.8. The molecule has 148 valence electrons. The lowest BCUT2D eigenvalue weighted by Gasteiger charge is -2.08. The minimum Gasteiger partial charge on any atom is -0.465 e. The van der Waals surface area contributed by atoms with Crippen LogP contribution in [0.1, 0.15) is 31.8 Å². The van der Waals surface area contributed by atoms with Crippen molar-refractivity contribution >= 4 is 23.3 Å². The molecule has 29 heavy (non-hydrogen) atoms. The molecule has 0 saturated carbocycles. The van der Waals surface area contributed by atoms with Crippen LogP contribution >= 0.6 is 0 Å². The van der Waals surface area contributed by atoms with Crippen LogP contribution in [0.4, 0.5) is 11.4 Å². The van der Waals surface area contributed by atoms with Crippen LogP contribution in [0.5, 0.6) is 0 Å². The summed E-state index contributed by atoms with van der Waals surface area (Å²) in [6.45, 7) is 1.83. The van der Waals surface area contributed by atoms with Gasteiger partial charge in [0.2, 0.25) is 0 Å². The number of esters is 1. The molecule has 0 aliphatic carbocycles. The average molecular weight is 394 g/mol. The third-order valence-electron chi connectivity index (χ3n) is 4.39. The van der Waals surface area contributed by atoms with Crippen LogP contribution < -0.4 is 5.32 Å². The van der Waals surface area contributed by atoms with Crippen molar-refractivity contribution in [3.8, 4) is 0 Å². The summed E-state index contributed by atoms with van der Waals surface area (Å²) in [5.41, 5.74) is 1.96. The number of methoxy groups -OCH3 is 1. The molecule has 1 heterocycles. The number of rotatable bonds is 6. The topological polar surface area (TPSA) is 116 Å². The average Bonchev–Trinajstić information content (AvgIpc) is 3.14. The van der Waals surface area contributed by atoms with Gasteiger partial charge in [-0.25, -0.2) is 4.79 Å². The molecule has 2 aromatic carbocycles. The molecule has 1 N–H and O–H groups in total. The van der Waals surface area contributed by atoms with E-state index in [1.165, 1.54) is 38.4 Å². The second-order valence-corrected chi connectivity index (χ2v) is 6.24. The first-order valence-electron chi connectivity index (χ1n) is 8.64. The van der Waals surface area contributed by atoms with Crippen molar-refractivity contribution < 1.29 is 19.2 Å². The molecule has 1 amide bonds. The molecule has 0 aliphatic heterocycles. The van der Waals surface area contributed by atoms with Crippen LogP contribution in [-0.4, -0.2) is 33.7 Å². The van der Waals surface area contributed by atoms with Gasteiger partial charge in [0.25, 0.3) is 11.6 Å². The fourth-order valence-electron chi connectivity index (χ4n) is 2.92. The van der Waals surface area contributed by atoms with Crippen molar-refractivity contribution in [2.24, 2.45) is 0 Å². The van der Waals surface area contributed by atoms with Gasteiger partial charge in [-0.1, -0.05) is 24.3 Å². The van der Waals surface area contributed by atoms with Gasteiger partial charge in [-0.15, -0.1) is 0 Å². The largest absolute Gasteiger partial charge is 0.465 e. The molecule has 3 rings (SSSR count). The smallest absolute Gasteiger partial charge is 0.338 e. The molecule has 0 spiro atoms. The first-order chi connectivity index (χ1) is 13.9. The third kappa shape index (κ3) is 4.29. The summed E-state index contributed by atoms with van der Waals surface area (Å²) in [7, 11) is 1.32. The Morgan fingerprint density at radius 3 is 2.62 bits per heavy atom. The standard InChI is InChI=1S/C20H18N4O5/c1-13-16(8-5-9-18(13)24(27)28)19(25)22-15-10-21-23(12-15)11-14-6-3-4-7-17(14)20(26)29-2/h3-10,12H,11H2,1-2H3,(H,22,25). The maximum atomic E-state index is 12.5. The van der Waals surface area contributed by atoms with Gasteiger partial charge in [-0.05, 0) is 24.6 Å². The molecule has 9 heteroatoms. The number of aromatic nitrogens is 2. The van der Waals surface area contributed by atoms with Gasteiger partial charge in [0.05, 0.1) is 36.0 Å². The van der Waals surface area contributed by atoms with Gasteiger partial charge in [0.15, 0.2) is 0 Å². The van der Waals surface area contributed by atoms with Gasteiger partial charge in [0.1, 0.15) is 0 Å². The van der Waals surface area contributed by atoms with E-state index >= 15 is 0 Å². The number of hydrogen-bond donors (Lipinski definition) is 1. The second kappa shape index (κ2) is 8.34. The summed E-state index contributed by atoms with van der Waals surface area (Å²) < 4.78 is 6.35. The van der Waals surface area contributed by atoms with Crippen LogP contribution in [0.2, 0.25) is 0 Å². The number of ether oxygens (including phenoxy) is 1. The molecule has 0 saturated heterocycles. The van der Waals surface area contributed by atoms with Crippen molar-refractivity contribution in [2.75, 3.05) is 12.4 Å². The Morgan fingerprint density at radius 1 is 1.17 bits per heavy atom. The van der Waals surface area contributed by atoms with E-state index in [-0.39, 0.29) is 16.8 Å². The molecule has 9 nitrogen and oxygen atoms in total. The van der Waals surface area contributed by atoms with E-state index in [1.807, 2.05) is 0 Å². The molecule has 0 fully saturated rings. The van der Waals surface area contributed by atoms with Gasteiger partial charge >= 0.3 is 5.97 Å². The van der Waals surface area contributed by atoms with Crippen LogP contribution in [-0.2, 0) is 11.3 Å². The number of carbonyl (C=O) groups excluding carboxylic acids is 2. The Labute approximate surface area is 166 Å². The first kappa shape index (κ1) is 19.7. The highest BCUT2D eigenvalue weighted by molar-refractivity contribution is 6.05. The van der Waals surface area contributed by atoms with Crippen LogP contribution in [0.15, 0.2) is 54.9 Å². The summed E-state index contributed by atoms with van der Waals surface area (Å²) in [4.78, 5) is 34.9. The highest BCUT2D eigenvalue weighted by Gasteiger charge is 2.18. The van der Waals surface area contributed by atoms with E-state index in [0.717, 1.165) is 5.56 Å². The van der Waals surface area contributed by atoms with Gasteiger partial charge < -0.3 is 10.1 Å². The number of carbonyl (C=O) groups is 2. The minimum absolute atomic E-state index is 0.118. The number of nitro groups is 1. The second-order valence-electron chi connectivity index (χ2n) is 6.24. The van der Waals surface area contributed by atoms with Crippen molar-refractivity contribution in [1.29, 1.82) is 0 Å². The lowest BCUT2D eigenvalue weighted by atomic mass is 10.1. The van der Waals surface area contributed by atoms with Gasteiger partial charge in [-0.2, -0.15) is 5.10 Å². The SMILES string of the molecule is COC(=O)c1ccccc1Cn1cc(NC(=O)c2cccc([N+](=O)[O-])c2C)cn1. The summed E-state index contributed by atoms with van der Waals surface area (Å²) in [5, 5.41) is 17.9. The molecular formula is C20H18N4O5. The van der Waals surface area contributed by atoms with E-state index in [0.29, 0.717) is 17.8 Å². The number of hydrogen-bond acceptors (Lipinski definition) is 6. The van der Waals surface area contributed by atoms with Gasteiger partial charge in [0, 0.05) is 23.4 Å². The lowest BCUT2D eigenvalue weighted by molar-refractivity contribution is -0.385. The van der Waals surface area contributed by atoms with E-state index in [1.54, 1.807) is 35.1 Å². The summed E-state index contributed by atoms with van der Waals surface area (Å²) in [6, 6.07) is 11.3. The number of benzene rings is 2. The fraction of sp³-hybridized carbons (Fsp3) is 0.150. The molecule has 1 aromatic heterocycles. The number of anilines is 1. The van der Waals surface area contributed by atoms with Crippen molar-refractivity contribution in [3.63, 3.8) is 0 Å². The summed E-state index contributed by atoms with van der Waals surface area (Å²) in [5.74, 6) is -0.914. The van der Waals surface area contributed by atoms with E-state index in [2.05, 4.69) is 10.4 Å². The summed E-state index contributed by atoms with van der Waals surface area (Å²) in [6.07, 6.45) is 3.07. The molecule has 0 atom stereocenters. The maximum Gasteiger partial charge on any atom is 0.338 e. The Hall–Kier alpha value is -4.01. The van der Waals surface area contributed by atoms with Gasteiger partial charge in [-0.3, -0.25) is 19.6 Å². The molecule has 0 bridgehead atoms. The van der Waals surface area contributed by atoms with E-state index in [4.69, 9.17) is 4.74 Å². The van der Waals surface area contributed by atoms with Crippen molar-refractivity contribution in [3.05, 3.63) is 87.2 Å². The zero-order valence-electron chi connectivity index (χ0n) is 15.8. The van der Waals surface area contributed by atoms with Crippen LogP contribution in [0.3, 0.4) is 0 Å². The maximum absolute atomic E-state index is 12.5. The fourth-order valence-corrected chi connectivity index (χ4v) is 2.92. The highest BCUT2D eigenvalue weighted by atomic mass is 16.6. The number of amides is 1. The molecular weight excluding hydrogens is 376 g/mol. The van der Waals surface area contributed by atoms with Crippen molar-refractivity contribution in [1.82, 2.24) is 9.78 Å². The number of nitro benzene ring substituents is 1. The zero-order chi connectivity index (χ0) is 21.0. The molecule has 0 unspecified atom stereocenters. The molecule has 3 aromatic rings. The Bertz CT molecular complexity index is 1090. The minimum atomic E-state index is -0.525. The Morgan fingerprint density at radius 2 is 1.90 bits per heavy atom. The Balaban J connectivity index is 1.77. The molecule has 0 aliphatic rings. The first-order valence-corrected chi connectivity index (χ1v) is 8.64. The van der Waals surface area contributed by atoms with Crippen LogP contribution in [0, 0.1) is 17.0 Å². The third-order valence-corrected chi connectivity index (χ3v) is 4.39. The monoisotopic (exact) mass is 394 g/mol. The predicted octanol–water partition coefficient (Wildman–Crippen LogP) is 3.19. The van der Waals surface area contributed by atoms with Crippen molar-refractivity contribution in [2.45, 2.75) is 13.5 Å². The van der Waals surface area contributed by atoms with E-state index in [9.17, 15) is 19.7 Å². The number of nitrogens with one attached hydrogen (secondary N) is 1.